The number of aryl methyl sites for hydroxylation is 2. The van der Waals surface area contributed by atoms with Crippen molar-refractivity contribution in [1.82, 2.24) is 0 Å². The molecule has 0 spiro atoms. The monoisotopic (exact) mass is 639 g/mol. The minimum atomic E-state index is -1.10. The molecule has 2 atom stereocenters. The van der Waals surface area contributed by atoms with Gasteiger partial charge in [0.2, 0.25) is 0 Å². The summed E-state index contributed by atoms with van der Waals surface area (Å²) in [5, 5.41) is 1.60. The summed E-state index contributed by atoms with van der Waals surface area (Å²) < 4.78 is 6.41. The standard InChI is InChI=1S/C22H25.C11H14OSi.2ClH.Zr/c1-3-4-5-6-8-18-11-13-19(14-12-18)21-10-7-9-20-15-17(2)16-22(20)21;1-6-5-8-9(12-6)11-7(2)10(8)13(11,3)4;;;/h7,9-16H,3-6,8H2,1-2H3;5,10H,1-4H3;2*1H;/q;;;;+2/p-2. The van der Waals surface area contributed by atoms with Crippen LogP contribution in [0, 0.1) is 6.92 Å². The molecule has 4 aliphatic rings. The molecule has 0 N–H and O–H groups in total. The maximum atomic E-state index is 5.76. The Labute approximate surface area is 258 Å². The number of hydrogen-bond donors (Lipinski definition) is 0. The SMILES string of the molecule is CC1=C2c3oc(C)cc3C1[Si]2(C)C.CCCCCCc1ccc(-c2cccc3c2C=C(C)[CH]3[Zr+2])cc1.[Cl-].[Cl-]. The van der Waals surface area contributed by atoms with Crippen LogP contribution in [0.5, 0.6) is 0 Å². The van der Waals surface area contributed by atoms with Gasteiger partial charge < -0.3 is 29.2 Å². The number of halogens is 2. The maximum Gasteiger partial charge on any atom is -1.00 e. The van der Waals surface area contributed by atoms with Gasteiger partial charge in [0.05, 0.1) is 8.07 Å². The third-order valence-electron chi connectivity index (χ3n) is 8.48. The second kappa shape index (κ2) is 12.6. The second-order valence-corrected chi connectivity index (χ2v) is 17.4. The van der Waals surface area contributed by atoms with Crippen LogP contribution in [0.15, 0.2) is 64.1 Å². The van der Waals surface area contributed by atoms with Crippen LogP contribution >= 0.6 is 0 Å². The Morgan fingerprint density at radius 3 is 2.24 bits per heavy atom. The molecule has 7 rings (SSSR count). The van der Waals surface area contributed by atoms with Gasteiger partial charge >= 0.3 is 143 Å². The third kappa shape index (κ3) is 5.56. The largest absolute Gasteiger partial charge is 1.00 e. The van der Waals surface area contributed by atoms with E-state index in [4.69, 9.17) is 4.42 Å². The van der Waals surface area contributed by atoms with Crippen molar-refractivity contribution in [2.75, 3.05) is 0 Å². The predicted molar refractivity (Wildman–Crippen MR) is 152 cm³/mol. The molecule has 3 aromatic rings. The van der Waals surface area contributed by atoms with Gasteiger partial charge in [0.25, 0.3) is 0 Å². The molecule has 199 valence electrons. The zero-order valence-electron chi connectivity index (χ0n) is 23.6. The topological polar surface area (TPSA) is 13.1 Å². The van der Waals surface area contributed by atoms with Gasteiger partial charge in [0.15, 0.2) is 0 Å². The van der Waals surface area contributed by atoms with Crippen molar-refractivity contribution in [2.45, 2.75) is 82.1 Å². The summed E-state index contributed by atoms with van der Waals surface area (Å²) in [5.74, 6) is 2.31. The molecule has 2 unspecified atom stereocenters. The van der Waals surface area contributed by atoms with E-state index in [1.54, 1.807) is 35.5 Å². The fourth-order valence-corrected chi connectivity index (χ4v) is 11.8. The van der Waals surface area contributed by atoms with E-state index in [2.05, 4.69) is 88.5 Å². The number of allylic oxidation sites excluding steroid dienone is 2. The van der Waals surface area contributed by atoms with Gasteiger partial charge in [-0.3, -0.25) is 0 Å². The first-order chi connectivity index (χ1) is 17.2. The fourth-order valence-electron chi connectivity index (χ4n) is 6.71. The van der Waals surface area contributed by atoms with Crippen LogP contribution in [-0.4, -0.2) is 8.07 Å². The maximum absolute atomic E-state index is 5.76. The number of benzene rings is 2. The zero-order chi connectivity index (χ0) is 25.6. The third-order valence-corrected chi connectivity index (χ3v) is 14.5. The Kier molecular flexibility index (Phi) is 10.4. The summed E-state index contributed by atoms with van der Waals surface area (Å²) in [7, 11) is -1.10. The van der Waals surface area contributed by atoms with Crippen molar-refractivity contribution >= 4 is 19.3 Å². The van der Waals surface area contributed by atoms with Gasteiger partial charge in [-0.25, -0.2) is 0 Å². The minimum Gasteiger partial charge on any atom is -1.00 e. The molecule has 3 heterocycles. The van der Waals surface area contributed by atoms with Gasteiger partial charge in [-0.15, -0.1) is 0 Å². The van der Waals surface area contributed by atoms with Crippen LogP contribution in [-0.2, 0) is 31.1 Å². The Hall–Kier alpha value is -1.12. The minimum absolute atomic E-state index is 0. The van der Waals surface area contributed by atoms with Crippen LogP contribution in [0.4, 0.5) is 0 Å². The Morgan fingerprint density at radius 1 is 0.895 bits per heavy atom. The molecule has 2 bridgehead atoms. The molecular weight excluding hydrogens is 603 g/mol. The predicted octanol–water partition coefficient (Wildman–Crippen LogP) is 3.75. The van der Waals surface area contributed by atoms with Crippen molar-refractivity contribution in [3.05, 3.63) is 93.5 Å². The van der Waals surface area contributed by atoms with Gasteiger partial charge in [0.1, 0.15) is 11.5 Å². The van der Waals surface area contributed by atoms with E-state index < -0.39 is 8.07 Å². The summed E-state index contributed by atoms with van der Waals surface area (Å²) in [6.07, 6.45) is 8.95. The number of fused-ring (bicyclic) bond motifs is 1. The van der Waals surface area contributed by atoms with Crippen molar-refractivity contribution in [1.29, 1.82) is 0 Å². The normalized spacial score (nSPS) is 19.3. The van der Waals surface area contributed by atoms with Gasteiger partial charge in [-0.05, 0) is 25.1 Å². The van der Waals surface area contributed by atoms with E-state index in [1.807, 2.05) is 6.92 Å². The molecule has 2 aliphatic heterocycles. The van der Waals surface area contributed by atoms with Crippen LogP contribution in [0.3, 0.4) is 0 Å². The quantitative estimate of drug-likeness (QED) is 0.296. The summed E-state index contributed by atoms with van der Waals surface area (Å²) >= 11 is 1.59. The van der Waals surface area contributed by atoms with E-state index in [0.29, 0.717) is 3.63 Å². The van der Waals surface area contributed by atoms with Crippen LogP contribution in [0.1, 0.15) is 89.4 Å². The molecule has 0 saturated heterocycles. The summed E-state index contributed by atoms with van der Waals surface area (Å²) in [6.45, 7) is 13.7. The molecule has 2 aromatic carbocycles. The molecule has 0 fully saturated rings. The number of unbranched alkanes of at least 4 members (excludes halogenated alkanes) is 3. The first-order valence-corrected chi connectivity index (χ1v) is 18.2. The number of furan rings is 1. The molecule has 38 heavy (non-hydrogen) atoms. The second-order valence-electron chi connectivity index (χ2n) is 11.5. The Morgan fingerprint density at radius 2 is 1.61 bits per heavy atom. The van der Waals surface area contributed by atoms with Crippen molar-refractivity contribution in [3.8, 4) is 11.1 Å². The Balaban J connectivity index is 0.000000227. The molecular formula is C33H39Cl2OSiZr. The molecule has 0 amide bonds. The smallest absolute Gasteiger partial charge is 1.00 e. The number of rotatable bonds is 6. The van der Waals surface area contributed by atoms with E-state index >= 15 is 0 Å². The number of hydrogen-bond acceptors (Lipinski definition) is 1. The summed E-state index contributed by atoms with van der Waals surface area (Å²) in [5.41, 5.74) is 12.5. The molecule has 2 aliphatic carbocycles. The molecule has 1 nitrogen and oxygen atoms in total. The molecule has 1 aromatic heterocycles. The van der Waals surface area contributed by atoms with Crippen molar-refractivity contribution < 1.29 is 54.0 Å². The van der Waals surface area contributed by atoms with Crippen molar-refractivity contribution in [2.24, 2.45) is 0 Å². The summed E-state index contributed by atoms with van der Waals surface area (Å²) in [4.78, 5) is 0. The van der Waals surface area contributed by atoms with Crippen LogP contribution < -0.4 is 24.8 Å². The van der Waals surface area contributed by atoms with E-state index in [1.165, 1.54) is 76.8 Å². The van der Waals surface area contributed by atoms with Gasteiger partial charge in [0, 0.05) is 11.1 Å². The van der Waals surface area contributed by atoms with E-state index in [0.717, 1.165) is 11.3 Å². The van der Waals surface area contributed by atoms with Gasteiger partial charge in [-0.1, -0.05) is 32.0 Å². The Bertz CT molecular complexity index is 1350. The zero-order valence-corrected chi connectivity index (χ0v) is 28.5. The van der Waals surface area contributed by atoms with Crippen LogP contribution in [0.2, 0.25) is 13.1 Å². The molecule has 0 saturated carbocycles. The van der Waals surface area contributed by atoms with Crippen LogP contribution in [0.25, 0.3) is 22.4 Å². The van der Waals surface area contributed by atoms with E-state index in [9.17, 15) is 0 Å². The first kappa shape index (κ1) is 31.4. The van der Waals surface area contributed by atoms with Crippen molar-refractivity contribution in [3.63, 3.8) is 0 Å². The molecule has 0 radical (unpaired) electrons. The first-order valence-electron chi connectivity index (χ1n) is 13.7. The summed E-state index contributed by atoms with van der Waals surface area (Å²) in [6, 6.07) is 18.3. The van der Waals surface area contributed by atoms with E-state index in [-0.39, 0.29) is 24.8 Å². The van der Waals surface area contributed by atoms with Gasteiger partial charge in [-0.2, -0.15) is 0 Å². The molecule has 5 heteroatoms. The fraction of sp³-hybridized carbons (Fsp3) is 0.394. The average molecular weight is 642 g/mol. The average Bonchev–Trinajstić information content (AvgIpc) is 3.50.